The molecule has 0 saturated heterocycles. The molecule has 0 aliphatic rings. The van der Waals surface area contributed by atoms with Crippen LogP contribution < -0.4 is 0 Å². The summed E-state index contributed by atoms with van der Waals surface area (Å²) in [7, 11) is -1.30. The standard InChI is InChI=1S/C13H18OSi/c1-15(2,3)11-7-10-13(14)12-8-5-4-6-9-12/h4-6,8-9,13-14H,10H2,1-3H3/t13-/m1/s1. The molecule has 0 unspecified atom stereocenters. The third-order valence-electron chi connectivity index (χ3n) is 1.94. The number of hydrogen-bond acceptors (Lipinski definition) is 1. The van der Waals surface area contributed by atoms with Crippen molar-refractivity contribution in [2.75, 3.05) is 0 Å². The molecule has 0 saturated carbocycles. The zero-order valence-corrected chi connectivity index (χ0v) is 10.6. The number of benzene rings is 1. The molecule has 0 fully saturated rings. The van der Waals surface area contributed by atoms with Crippen LogP contribution in [-0.2, 0) is 0 Å². The highest BCUT2D eigenvalue weighted by molar-refractivity contribution is 6.83. The lowest BCUT2D eigenvalue weighted by Crippen LogP contribution is -2.16. The average Bonchev–Trinajstić information content (AvgIpc) is 2.17. The fourth-order valence-corrected chi connectivity index (χ4v) is 1.84. The lowest BCUT2D eigenvalue weighted by Gasteiger charge is -2.07. The highest BCUT2D eigenvalue weighted by atomic mass is 28.3. The molecule has 0 heterocycles. The van der Waals surface area contributed by atoms with E-state index in [-0.39, 0.29) is 0 Å². The molecule has 80 valence electrons. The van der Waals surface area contributed by atoms with Crippen molar-refractivity contribution < 1.29 is 5.11 Å². The summed E-state index contributed by atoms with van der Waals surface area (Å²) in [5.41, 5.74) is 4.20. The van der Waals surface area contributed by atoms with Gasteiger partial charge in [0.1, 0.15) is 8.07 Å². The Bertz CT molecular complexity index is 354. The van der Waals surface area contributed by atoms with E-state index in [4.69, 9.17) is 0 Å². The van der Waals surface area contributed by atoms with Crippen LogP contribution in [0.3, 0.4) is 0 Å². The van der Waals surface area contributed by atoms with Crippen LogP contribution in [0, 0.1) is 11.5 Å². The Labute approximate surface area is 93.2 Å². The van der Waals surface area contributed by atoms with Crippen molar-refractivity contribution >= 4 is 8.07 Å². The van der Waals surface area contributed by atoms with Gasteiger partial charge in [-0.15, -0.1) is 11.5 Å². The van der Waals surface area contributed by atoms with Gasteiger partial charge in [-0.2, -0.15) is 0 Å². The Morgan fingerprint density at radius 1 is 1.20 bits per heavy atom. The minimum Gasteiger partial charge on any atom is -0.387 e. The van der Waals surface area contributed by atoms with Crippen LogP contribution in [0.1, 0.15) is 18.1 Å². The van der Waals surface area contributed by atoms with Gasteiger partial charge in [-0.25, -0.2) is 0 Å². The van der Waals surface area contributed by atoms with Crippen LogP contribution in [-0.4, -0.2) is 13.2 Å². The van der Waals surface area contributed by atoms with E-state index in [9.17, 15) is 5.11 Å². The first-order valence-corrected chi connectivity index (χ1v) is 8.72. The molecule has 1 N–H and O–H groups in total. The highest BCUT2D eigenvalue weighted by Gasteiger charge is 2.08. The summed E-state index contributed by atoms with van der Waals surface area (Å²) >= 11 is 0. The lowest BCUT2D eigenvalue weighted by molar-refractivity contribution is 0.184. The third-order valence-corrected chi connectivity index (χ3v) is 2.87. The van der Waals surface area contributed by atoms with E-state index in [2.05, 4.69) is 31.1 Å². The molecule has 15 heavy (non-hydrogen) atoms. The van der Waals surface area contributed by atoms with Crippen LogP contribution >= 0.6 is 0 Å². The van der Waals surface area contributed by atoms with E-state index in [1.54, 1.807) is 0 Å². The Morgan fingerprint density at radius 2 is 1.80 bits per heavy atom. The fourth-order valence-electron chi connectivity index (χ4n) is 1.21. The summed E-state index contributed by atoms with van der Waals surface area (Å²) in [6, 6.07) is 9.68. The molecule has 2 heteroatoms. The quantitative estimate of drug-likeness (QED) is 0.597. The molecule has 0 radical (unpaired) electrons. The predicted molar refractivity (Wildman–Crippen MR) is 67.1 cm³/mol. The van der Waals surface area contributed by atoms with Crippen molar-refractivity contribution in [3.63, 3.8) is 0 Å². The zero-order valence-electron chi connectivity index (χ0n) is 9.62. The lowest BCUT2D eigenvalue weighted by atomic mass is 10.1. The zero-order chi connectivity index (χ0) is 11.3. The fraction of sp³-hybridized carbons (Fsp3) is 0.385. The van der Waals surface area contributed by atoms with Gasteiger partial charge in [0.25, 0.3) is 0 Å². The molecule has 1 nitrogen and oxygen atoms in total. The summed E-state index contributed by atoms with van der Waals surface area (Å²) in [5.74, 6) is 3.09. The van der Waals surface area contributed by atoms with E-state index in [0.29, 0.717) is 6.42 Å². The maximum Gasteiger partial charge on any atom is 0.129 e. The summed E-state index contributed by atoms with van der Waals surface area (Å²) < 4.78 is 0. The van der Waals surface area contributed by atoms with Gasteiger partial charge in [-0.1, -0.05) is 50.0 Å². The molecule has 0 aliphatic carbocycles. The Morgan fingerprint density at radius 3 is 2.33 bits per heavy atom. The van der Waals surface area contributed by atoms with Crippen LogP contribution in [0.15, 0.2) is 30.3 Å². The van der Waals surface area contributed by atoms with Crippen LogP contribution in [0.2, 0.25) is 19.6 Å². The molecule has 1 aromatic rings. The Balaban J connectivity index is 2.57. The molecule has 1 aromatic carbocycles. The second-order valence-electron chi connectivity index (χ2n) is 4.68. The highest BCUT2D eigenvalue weighted by Crippen LogP contribution is 2.14. The summed E-state index contributed by atoms with van der Waals surface area (Å²) in [5, 5.41) is 9.83. The predicted octanol–water partition coefficient (Wildman–Crippen LogP) is 2.99. The summed E-state index contributed by atoms with van der Waals surface area (Å²) in [6.45, 7) is 6.61. The van der Waals surface area contributed by atoms with E-state index in [1.165, 1.54) is 0 Å². The number of aliphatic hydroxyl groups excluding tert-OH is 1. The maximum atomic E-state index is 9.83. The van der Waals surface area contributed by atoms with Crippen LogP contribution in [0.5, 0.6) is 0 Å². The van der Waals surface area contributed by atoms with Crippen LogP contribution in [0.4, 0.5) is 0 Å². The first kappa shape index (κ1) is 12.0. The van der Waals surface area contributed by atoms with E-state index in [0.717, 1.165) is 5.56 Å². The summed E-state index contributed by atoms with van der Waals surface area (Å²) in [6.07, 6.45) is 0.0870. The largest absolute Gasteiger partial charge is 0.387 e. The second kappa shape index (κ2) is 5.15. The third kappa shape index (κ3) is 4.82. The van der Waals surface area contributed by atoms with Crippen molar-refractivity contribution in [1.82, 2.24) is 0 Å². The molecular formula is C13H18OSi. The first-order valence-electron chi connectivity index (χ1n) is 5.22. The molecule has 0 amide bonds. The topological polar surface area (TPSA) is 20.2 Å². The van der Waals surface area contributed by atoms with Gasteiger partial charge >= 0.3 is 0 Å². The SMILES string of the molecule is C[Si](C)(C)C#CC[C@@H](O)c1ccccc1. The molecule has 0 aliphatic heterocycles. The van der Waals surface area contributed by atoms with Gasteiger partial charge in [0.2, 0.25) is 0 Å². The van der Waals surface area contributed by atoms with Crippen molar-refractivity contribution in [3.05, 3.63) is 35.9 Å². The molecule has 1 rings (SSSR count). The van der Waals surface area contributed by atoms with E-state index >= 15 is 0 Å². The average molecular weight is 218 g/mol. The Hall–Kier alpha value is -1.04. The van der Waals surface area contributed by atoms with Crippen molar-refractivity contribution in [2.24, 2.45) is 0 Å². The molecule has 0 spiro atoms. The minimum atomic E-state index is -1.30. The van der Waals surface area contributed by atoms with Crippen molar-refractivity contribution in [3.8, 4) is 11.5 Å². The van der Waals surface area contributed by atoms with Gasteiger partial charge in [0, 0.05) is 6.42 Å². The van der Waals surface area contributed by atoms with Crippen molar-refractivity contribution in [2.45, 2.75) is 32.2 Å². The van der Waals surface area contributed by atoms with Gasteiger partial charge in [-0.3, -0.25) is 0 Å². The summed E-state index contributed by atoms with van der Waals surface area (Å²) in [4.78, 5) is 0. The normalized spacial score (nSPS) is 12.8. The molecular weight excluding hydrogens is 200 g/mol. The van der Waals surface area contributed by atoms with Gasteiger partial charge < -0.3 is 5.11 Å². The van der Waals surface area contributed by atoms with Crippen molar-refractivity contribution in [1.29, 1.82) is 0 Å². The van der Waals surface area contributed by atoms with E-state index < -0.39 is 14.2 Å². The monoisotopic (exact) mass is 218 g/mol. The van der Waals surface area contributed by atoms with Gasteiger partial charge in [0.15, 0.2) is 0 Å². The first-order chi connectivity index (χ1) is 6.99. The smallest absolute Gasteiger partial charge is 0.129 e. The minimum absolute atomic E-state index is 0.449. The number of aliphatic hydroxyl groups is 1. The Kier molecular flexibility index (Phi) is 4.13. The molecule has 0 aromatic heterocycles. The maximum absolute atomic E-state index is 9.83. The number of hydrogen-bond donors (Lipinski definition) is 1. The van der Waals surface area contributed by atoms with Crippen LogP contribution in [0.25, 0.3) is 0 Å². The number of rotatable bonds is 2. The molecule has 1 atom stereocenters. The van der Waals surface area contributed by atoms with Gasteiger partial charge in [0.05, 0.1) is 6.10 Å². The molecule has 0 bridgehead atoms. The van der Waals surface area contributed by atoms with E-state index in [1.807, 2.05) is 30.3 Å². The van der Waals surface area contributed by atoms with Gasteiger partial charge in [-0.05, 0) is 5.56 Å². The second-order valence-corrected chi connectivity index (χ2v) is 9.43.